The summed E-state index contributed by atoms with van der Waals surface area (Å²) in [6, 6.07) is 7.62. The van der Waals surface area contributed by atoms with Gasteiger partial charge in [0.05, 0.1) is 4.90 Å². The van der Waals surface area contributed by atoms with Crippen LogP contribution in [0.3, 0.4) is 0 Å². The Hall–Kier alpha value is -0.870. The van der Waals surface area contributed by atoms with E-state index in [1.807, 2.05) is 12.1 Å². The molecule has 2 atom stereocenters. The summed E-state index contributed by atoms with van der Waals surface area (Å²) in [7, 11) is -2.52. The van der Waals surface area contributed by atoms with Crippen LogP contribution in [0.4, 0.5) is 0 Å². The van der Waals surface area contributed by atoms with Gasteiger partial charge in [0, 0.05) is 6.04 Å². The van der Waals surface area contributed by atoms with Gasteiger partial charge in [0.2, 0.25) is 0 Å². The van der Waals surface area contributed by atoms with Gasteiger partial charge in [-0.05, 0) is 49.1 Å². The lowest BCUT2D eigenvalue weighted by molar-refractivity contribution is 0.265. The number of nitrogens with two attached hydrogens (primary N) is 1. The lowest BCUT2D eigenvalue weighted by Crippen LogP contribution is -2.34. The summed E-state index contributed by atoms with van der Waals surface area (Å²) in [6.45, 7) is 2.18. The van der Waals surface area contributed by atoms with Gasteiger partial charge in [0.15, 0.2) is 10.7 Å². The first kappa shape index (κ1) is 17.5. The smallest absolute Gasteiger partial charge is 0.168 e. The van der Waals surface area contributed by atoms with Crippen LogP contribution in [0.1, 0.15) is 57.4 Å². The zero-order valence-corrected chi connectivity index (χ0v) is 14.4. The van der Waals surface area contributed by atoms with Crippen LogP contribution in [0.15, 0.2) is 29.2 Å². The Morgan fingerprint density at radius 1 is 1.18 bits per heavy atom. The lowest BCUT2D eigenvalue weighted by Gasteiger charge is -2.30. The summed E-state index contributed by atoms with van der Waals surface area (Å²) in [5.74, 6) is 1.13. The fraction of sp³-hybridized carbons (Fsp3) is 0.667. The van der Waals surface area contributed by atoms with Crippen molar-refractivity contribution in [2.75, 3.05) is 0 Å². The van der Waals surface area contributed by atoms with Crippen LogP contribution in [0, 0.1) is 11.8 Å². The number of hydrogen-bond acceptors (Lipinski definition) is 3. The highest BCUT2D eigenvalue weighted by Crippen LogP contribution is 2.30. The molecule has 1 unspecified atom stereocenters. The third kappa shape index (κ3) is 4.82. The van der Waals surface area contributed by atoms with Gasteiger partial charge in [-0.3, -0.25) is 0 Å². The van der Waals surface area contributed by atoms with Gasteiger partial charge in [-0.25, -0.2) is 8.42 Å². The van der Waals surface area contributed by atoms with Gasteiger partial charge < -0.3 is 5.73 Å². The van der Waals surface area contributed by atoms with Crippen molar-refractivity contribution in [1.29, 1.82) is 0 Å². The highest BCUT2D eigenvalue weighted by atomic mass is 32.2. The first-order valence-electron chi connectivity index (χ1n) is 8.59. The number of rotatable bonds is 7. The topological polar surface area (TPSA) is 60.2 Å². The molecule has 2 rings (SSSR count). The van der Waals surface area contributed by atoms with Gasteiger partial charge in [0.25, 0.3) is 0 Å². The molecule has 0 heterocycles. The van der Waals surface area contributed by atoms with Crippen molar-refractivity contribution in [3.8, 4) is 0 Å². The van der Waals surface area contributed by atoms with Crippen LogP contribution < -0.4 is 5.73 Å². The SMILES string of the molecule is CCC(Cc1ccccc1[SH](=O)=O)C[C@@H](N)C1CCCCC1. The summed E-state index contributed by atoms with van der Waals surface area (Å²) >= 11 is 0. The number of benzene rings is 1. The summed E-state index contributed by atoms with van der Waals surface area (Å²) in [4.78, 5) is 0.474. The second-order valence-corrected chi connectivity index (χ2v) is 7.66. The normalized spacial score (nSPS) is 19.2. The predicted molar refractivity (Wildman–Crippen MR) is 91.7 cm³/mol. The van der Waals surface area contributed by atoms with E-state index in [4.69, 9.17) is 5.73 Å². The molecule has 0 amide bonds. The van der Waals surface area contributed by atoms with Gasteiger partial charge in [0.1, 0.15) is 0 Å². The van der Waals surface area contributed by atoms with E-state index < -0.39 is 10.7 Å². The Morgan fingerprint density at radius 2 is 1.86 bits per heavy atom. The van der Waals surface area contributed by atoms with Crippen molar-refractivity contribution in [3.05, 3.63) is 29.8 Å². The Bertz CT molecular complexity index is 528. The molecule has 0 aromatic heterocycles. The summed E-state index contributed by atoms with van der Waals surface area (Å²) < 4.78 is 22.7. The van der Waals surface area contributed by atoms with E-state index in [-0.39, 0.29) is 6.04 Å². The van der Waals surface area contributed by atoms with E-state index >= 15 is 0 Å². The van der Waals surface area contributed by atoms with Crippen molar-refractivity contribution in [3.63, 3.8) is 0 Å². The highest BCUT2D eigenvalue weighted by Gasteiger charge is 2.23. The zero-order chi connectivity index (χ0) is 15.9. The van der Waals surface area contributed by atoms with Crippen LogP contribution in [-0.2, 0) is 17.1 Å². The molecule has 4 heteroatoms. The number of hydrogen-bond donors (Lipinski definition) is 2. The van der Waals surface area contributed by atoms with Crippen molar-refractivity contribution >= 4 is 10.7 Å². The van der Waals surface area contributed by atoms with Crippen molar-refractivity contribution in [2.24, 2.45) is 17.6 Å². The fourth-order valence-corrected chi connectivity index (χ4v) is 4.31. The summed E-state index contributed by atoms with van der Waals surface area (Å²) in [5, 5.41) is 0. The molecular formula is C18H29NO2S. The molecule has 1 aliphatic rings. The second-order valence-electron chi connectivity index (χ2n) is 6.66. The monoisotopic (exact) mass is 323 g/mol. The standard InChI is InChI=1S/C18H29NO2S/c1-2-14(13-17(19)15-8-4-3-5-9-15)12-16-10-6-7-11-18(16)22(20)21/h6-7,10-11,14-15,17,22H,2-5,8-9,12-13,19H2,1H3/t14?,17-/m1/s1. The Labute approximate surface area is 136 Å². The highest BCUT2D eigenvalue weighted by molar-refractivity contribution is 7.72. The van der Waals surface area contributed by atoms with Crippen LogP contribution in [0.2, 0.25) is 0 Å². The maximum Gasteiger partial charge on any atom is 0.168 e. The quantitative estimate of drug-likeness (QED) is 0.755. The Balaban J connectivity index is 2.00. The Kier molecular flexibility index (Phi) is 6.90. The third-order valence-electron chi connectivity index (χ3n) is 5.14. The average Bonchev–Trinajstić information content (AvgIpc) is 2.55. The van der Waals surface area contributed by atoms with E-state index in [9.17, 15) is 8.42 Å². The van der Waals surface area contributed by atoms with E-state index in [1.54, 1.807) is 12.1 Å². The summed E-state index contributed by atoms with van der Waals surface area (Å²) in [6.07, 6.45) is 9.38. The molecule has 0 saturated heterocycles. The van der Waals surface area contributed by atoms with Crippen molar-refractivity contribution in [1.82, 2.24) is 0 Å². The molecule has 1 fully saturated rings. The molecule has 1 aromatic rings. The maximum absolute atomic E-state index is 11.4. The first-order valence-corrected chi connectivity index (χ1v) is 9.77. The Morgan fingerprint density at radius 3 is 2.50 bits per heavy atom. The lowest BCUT2D eigenvalue weighted by atomic mass is 9.79. The van der Waals surface area contributed by atoms with Crippen LogP contribution in [0.25, 0.3) is 0 Å². The third-order valence-corrected chi connectivity index (χ3v) is 5.96. The second kappa shape index (κ2) is 8.68. The molecule has 0 spiro atoms. The van der Waals surface area contributed by atoms with Gasteiger partial charge >= 0.3 is 0 Å². The van der Waals surface area contributed by atoms with Crippen LogP contribution >= 0.6 is 0 Å². The van der Waals surface area contributed by atoms with Crippen molar-refractivity contribution < 1.29 is 8.42 Å². The summed E-state index contributed by atoms with van der Waals surface area (Å²) in [5.41, 5.74) is 7.40. The largest absolute Gasteiger partial charge is 0.327 e. The number of thiol groups is 1. The minimum absolute atomic E-state index is 0.262. The molecule has 0 bridgehead atoms. The van der Waals surface area contributed by atoms with E-state index in [1.165, 1.54) is 32.1 Å². The van der Waals surface area contributed by atoms with Gasteiger partial charge in [-0.2, -0.15) is 0 Å². The van der Waals surface area contributed by atoms with E-state index in [0.717, 1.165) is 24.8 Å². The fourth-order valence-electron chi connectivity index (χ4n) is 3.71. The van der Waals surface area contributed by atoms with Crippen molar-refractivity contribution in [2.45, 2.75) is 69.2 Å². The molecule has 22 heavy (non-hydrogen) atoms. The maximum atomic E-state index is 11.4. The molecule has 0 aliphatic heterocycles. The molecule has 1 aromatic carbocycles. The molecule has 1 aliphatic carbocycles. The molecule has 2 N–H and O–H groups in total. The first-order chi connectivity index (χ1) is 10.6. The van der Waals surface area contributed by atoms with E-state index in [0.29, 0.717) is 16.7 Å². The average molecular weight is 324 g/mol. The minimum Gasteiger partial charge on any atom is -0.327 e. The predicted octanol–water partition coefficient (Wildman–Crippen LogP) is 3.52. The molecule has 3 nitrogen and oxygen atoms in total. The zero-order valence-electron chi connectivity index (χ0n) is 13.5. The molecule has 0 radical (unpaired) electrons. The molecule has 1 saturated carbocycles. The van der Waals surface area contributed by atoms with E-state index in [2.05, 4.69) is 6.92 Å². The van der Waals surface area contributed by atoms with Crippen LogP contribution in [0.5, 0.6) is 0 Å². The molecule has 124 valence electrons. The van der Waals surface area contributed by atoms with Gasteiger partial charge in [-0.15, -0.1) is 0 Å². The van der Waals surface area contributed by atoms with Crippen LogP contribution in [-0.4, -0.2) is 14.5 Å². The minimum atomic E-state index is -2.52. The van der Waals surface area contributed by atoms with Gasteiger partial charge in [-0.1, -0.05) is 50.8 Å². The molecular weight excluding hydrogens is 294 g/mol.